The Hall–Kier alpha value is -3.10. The van der Waals surface area contributed by atoms with Crippen LogP contribution in [0.5, 0.6) is 11.5 Å². The number of amides is 2. The predicted molar refractivity (Wildman–Crippen MR) is 84.9 cm³/mol. The fourth-order valence-electron chi connectivity index (χ4n) is 2.49. The second-order valence-corrected chi connectivity index (χ2v) is 5.27. The molecular formula is C15H17N5O4. The van der Waals surface area contributed by atoms with E-state index in [-0.39, 0.29) is 18.2 Å². The molecule has 9 nitrogen and oxygen atoms in total. The normalized spacial score (nSPS) is 16.1. The van der Waals surface area contributed by atoms with Crippen molar-refractivity contribution in [2.45, 2.75) is 13.0 Å². The molecule has 0 fully saturated rings. The number of ether oxygens (including phenoxy) is 2. The van der Waals surface area contributed by atoms with Gasteiger partial charge in [-0.05, 0) is 12.1 Å². The van der Waals surface area contributed by atoms with E-state index in [4.69, 9.17) is 9.47 Å². The number of nitrogens with zero attached hydrogens (tertiary/aromatic N) is 3. The van der Waals surface area contributed by atoms with Crippen LogP contribution < -0.4 is 20.1 Å². The van der Waals surface area contributed by atoms with Gasteiger partial charge in [-0.2, -0.15) is 10.1 Å². The number of methoxy groups -OCH3 is 2. The first-order valence-corrected chi connectivity index (χ1v) is 7.31. The summed E-state index contributed by atoms with van der Waals surface area (Å²) >= 11 is 0. The van der Waals surface area contributed by atoms with Crippen molar-refractivity contribution in [2.75, 3.05) is 24.9 Å². The zero-order valence-corrected chi connectivity index (χ0v) is 13.3. The molecular weight excluding hydrogens is 314 g/mol. The standard InChI is InChI=1S/C15H17N5O4/c1-23-10-3-4-12(24-2)11(6-10)18-13(21)5-9-7-20-15(16-8-17-20)19-14(9)22/h3-4,6,8-9H,5,7H2,1-2H3,(H,18,21)(H,16,17,19,22)/t9-/m0/s1. The minimum Gasteiger partial charge on any atom is -0.497 e. The molecule has 0 unspecified atom stereocenters. The van der Waals surface area contributed by atoms with E-state index in [0.29, 0.717) is 29.7 Å². The average Bonchev–Trinajstić information content (AvgIpc) is 3.02. The minimum absolute atomic E-state index is 0.0193. The Balaban J connectivity index is 1.69. The number of rotatable bonds is 5. The molecule has 2 amide bonds. The molecule has 2 heterocycles. The van der Waals surface area contributed by atoms with Gasteiger partial charge in [-0.15, -0.1) is 0 Å². The maximum Gasteiger partial charge on any atom is 0.232 e. The smallest absolute Gasteiger partial charge is 0.232 e. The third kappa shape index (κ3) is 3.14. The molecule has 0 radical (unpaired) electrons. The molecule has 0 aliphatic carbocycles. The maximum atomic E-state index is 12.3. The van der Waals surface area contributed by atoms with Crippen LogP contribution in [-0.2, 0) is 16.1 Å². The van der Waals surface area contributed by atoms with Gasteiger partial charge >= 0.3 is 0 Å². The number of hydrogen-bond acceptors (Lipinski definition) is 6. The van der Waals surface area contributed by atoms with Crippen LogP contribution in [0.1, 0.15) is 6.42 Å². The highest BCUT2D eigenvalue weighted by atomic mass is 16.5. The van der Waals surface area contributed by atoms with E-state index in [1.807, 2.05) is 0 Å². The van der Waals surface area contributed by atoms with Crippen LogP contribution >= 0.6 is 0 Å². The van der Waals surface area contributed by atoms with Gasteiger partial charge < -0.3 is 14.8 Å². The second kappa shape index (κ2) is 6.57. The van der Waals surface area contributed by atoms with Crippen molar-refractivity contribution in [3.8, 4) is 11.5 Å². The maximum absolute atomic E-state index is 12.3. The predicted octanol–water partition coefficient (Wildman–Crippen LogP) is 0.892. The highest BCUT2D eigenvalue weighted by Gasteiger charge is 2.29. The van der Waals surface area contributed by atoms with Crippen molar-refractivity contribution in [3.63, 3.8) is 0 Å². The molecule has 126 valence electrons. The van der Waals surface area contributed by atoms with E-state index in [1.54, 1.807) is 22.9 Å². The number of nitrogens with one attached hydrogen (secondary N) is 2. The lowest BCUT2D eigenvalue weighted by atomic mass is 10.0. The van der Waals surface area contributed by atoms with Gasteiger partial charge in [-0.1, -0.05) is 0 Å². The summed E-state index contributed by atoms with van der Waals surface area (Å²) in [5.74, 6) is 0.431. The van der Waals surface area contributed by atoms with Crippen LogP contribution in [-0.4, -0.2) is 40.8 Å². The largest absolute Gasteiger partial charge is 0.497 e. The van der Waals surface area contributed by atoms with Crippen molar-refractivity contribution in [1.82, 2.24) is 14.8 Å². The quantitative estimate of drug-likeness (QED) is 0.842. The molecule has 1 aromatic heterocycles. The van der Waals surface area contributed by atoms with Crippen molar-refractivity contribution < 1.29 is 19.1 Å². The summed E-state index contributed by atoms with van der Waals surface area (Å²) in [7, 11) is 3.05. The van der Waals surface area contributed by atoms with Crippen molar-refractivity contribution in [3.05, 3.63) is 24.5 Å². The SMILES string of the molecule is COc1ccc(OC)c(NC(=O)C[C@H]2Cn3ncnc3NC2=O)c1. The van der Waals surface area contributed by atoms with Crippen LogP contribution in [0.2, 0.25) is 0 Å². The summed E-state index contributed by atoms with van der Waals surface area (Å²) in [6.45, 7) is 0.309. The third-order valence-corrected chi connectivity index (χ3v) is 3.73. The topological polar surface area (TPSA) is 107 Å². The Bertz CT molecular complexity index is 773. The molecule has 2 N–H and O–H groups in total. The van der Waals surface area contributed by atoms with Gasteiger partial charge in [-0.25, -0.2) is 4.68 Å². The summed E-state index contributed by atoms with van der Waals surface area (Å²) in [4.78, 5) is 28.3. The van der Waals surface area contributed by atoms with Gasteiger partial charge in [0.05, 0.1) is 32.4 Å². The molecule has 1 aliphatic rings. The molecule has 24 heavy (non-hydrogen) atoms. The van der Waals surface area contributed by atoms with E-state index in [9.17, 15) is 9.59 Å². The van der Waals surface area contributed by atoms with E-state index < -0.39 is 5.92 Å². The Labute approximate surface area is 138 Å². The number of fused-ring (bicyclic) bond motifs is 1. The Morgan fingerprint density at radius 1 is 1.42 bits per heavy atom. The molecule has 1 aliphatic heterocycles. The molecule has 0 saturated heterocycles. The fourth-order valence-corrected chi connectivity index (χ4v) is 2.49. The second-order valence-electron chi connectivity index (χ2n) is 5.27. The van der Waals surface area contributed by atoms with Crippen LogP contribution in [0.15, 0.2) is 24.5 Å². The van der Waals surface area contributed by atoms with Crippen molar-refractivity contribution in [2.24, 2.45) is 5.92 Å². The summed E-state index contributed by atoms with van der Waals surface area (Å²) in [6.07, 6.45) is 1.38. The van der Waals surface area contributed by atoms with Gasteiger partial charge in [0.25, 0.3) is 0 Å². The number of hydrogen-bond donors (Lipinski definition) is 2. The Kier molecular flexibility index (Phi) is 4.32. The molecule has 1 atom stereocenters. The number of carbonyl (C=O) groups is 2. The molecule has 0 bridgehead atoms. The van der Waals surface area contributed by atoms with E-state index >= 15 is 0 Å². The highest BCUT2D eigenvalue weighted by Crippen LogP contribution is 2.29. The average molecular weight is 331 g/mol. The van der Waals surface area contributed by atoms with Crippen LogP contribution in [0, 0.1) is 5.92 Å². The van der Waals surface area contributed by atoms with E-state index in [1.165, 1.54) is 20.5 Å². The van der Waals surface area contributed by atoms with Crippen LogP contribution in [0.3, 0.4) is 0 Å². The number of aromatic nitrogens is 3. The molecule has 2 aromatic rings. The van der Waals surface area contributed by atoms with E-state index in [0.717, 1.165) is 0 Å². The lowest BCUT2D eigenvalue weighted by Gasteiger charge is -2.22. The molecule has 0 spiro atoms. The minimum atomic E-state index is -0.518. The number of carbonyl (C=O) groups excluding carboxylic acids is 2. The third-order valence-electron chi connectivity index (χ3n) is 3.73. The lowest BCUT2D eigenvalue weighted by Crippen LogP contribution is -2.36. The molecule has 9 heteroatoms. The summed E-state index contributed by atoms with van der Waals surface area (Å²) in [5, 5.41) is 9.38. The zero-order valence-electron chi connectivity index (χ0n) is 13.3. The summed E-state index contributed by atoms with van der Waals surface area (Å²) < 4.78 is 11.9. The van der Waals surface area contributed by atoms with Crippen molar-refractivity contribution >= 4 is 23.5 Å². The van der Waals surface area contributed by atoms with E-state index in [2.05, 4.69) is 20.7 Å². The first kappa shape index (κ1) is 15.8. The molecule has 0 saturated carbocycles. The highest BCUT2D eigenvalue weighted by molar-refractivity contribution is 5.98. The fraction of sp³-hybridized carbons (Fsp3) is 0.333. The van der Waals surface area contributed by atoms with Gasteiger partial charge in [0.1, 0.15) is 17.8 Å². The number of benzene rings is 1. The van der Waals surface area contributed by atoms with Crippen LogP contribution in [0.4, 0.5) is 11.6 Å². The lowest BCUT2D eigenvalue weighted by molar-refractivity contribution is -0.126. The Morgan fingerprint density at radius 2 is 2.25 bits per heavy atom. The van der Waals surface area contributed by atoms with Gasteiger partial charge in [-0.3, -0.25) is 14.9 Å². The van der Waals surface area contributed by atoms with Crippen LogP contribution in [0.25, 0.3) is 0 Å². The molecule has 3 rings (SSSR count). The van der Waals surface area contributed by atoms with Crippen molar-refractivity contribution in [1.29, 1.82) is 0 Å². The van der Waals surface area contributed by atoms with Gasteiger partial charge in [0, 0.05) is 12.5 Å². The first-order valence-electron chi connectivity index (χ1n) is 7.31. The Morgan fingerprint density at radius 3 is 3.00 bits per heavy atom. The zero-order chi connectivity index (χ0) is 17.1. The molecule has 1 aromatic carbocycles. The first-order chi connectivity index (χ1) is 11.6. The monoisotopic (exact) mass is 331 g/mol. The van der Waals surface area contributed by atoms with Gasteiger partial charge in [0.2, 0.25) is 17.8 Å². The number of anilines is 2. The summed E-state index contributed by atoms with van der Waals surface area (Å²) in [6, 6.07) is 5.09. The summed E-state index contributed by atoms with van der Waals surface area (Å²) in [5.41, 5.74) is 0.486. The van der Waals surface area contributed by atoms with Gasteiger partial charge in [0.15, 0.2) is 0 Å².